The molecule has 0 aliphatic heterocycles. The van der Waals surface area contributed by atoms with Crippen LogP contribution >= 0.6 is 11.3 Å². The molecule has 0 radical (unpaired) electrons. The summed E-state index contributed by atoms with van der Waals surface area (Å²) >= 11 is 1.45. The molecule has 3 N–H and O–H groups in total. The zero-order chi connectivity index (χ0) is 17.1. The van der Waals surface area contributed by atoms with E-state index in [1.165, 1.54) is 11.3 Å². The summed E-state index contributed by atoms with van der Waals surface area (Å²) in [5.41, 5.74) is -0.732. The number of aromatic nitrogens is 2. The summed E-state index contributed by atoms with van der Waals surface area (Å²) in [6, 6.07) is 3.29. The van der Waals surface area contributed by atoms with Gasteiger partial charge in [-0.2, -0.15) is 0 Å². The van der Waals surface area contributed by atoms with E-state index in [0.29, 0.717) is 11.5 Å². The second-order valence-electron chi connectivity index (χ2n) is 6.60. The molecule has 2 heterocycles. The number of aliphatic hydroxyl groups is 1. The van der Waals surface area contributed by atoms with Crippen LogP contribution in [0.25, 0.3) is 0 Å². The molecule has 1 atom stereocenters. The van der Waals surface area contributed by atoms with Gasteiger partial charge < -0.3 is 15.7 Å². The maximum Gasteiger partial charge on any atom is 0.319 e. The van der Waals surface area contributed by atoms with E-state index in [9.17, 15) is 9.90 Å². The number of nitrogens with zero attached hydrogens (tertiary/aromatic N) is 2. The molecule has 0 fully saturated rings. The number of hydrogen-bond donors (Lipinski definition) is 3. The first-order valence-corrected chi connectivity index (χ1v) is 8.20. The Balaban J connectivity index is 1.90. The fourth-order valence-corrected chi connectivity index (χ4v) is 2.67. The third kappa shape index (κ3) is 4.74. The minimum Gasteiger partial charge on any atom is -0.383 e. The molecule has 2 aromatic rings. The molecule has 2 aromatic heterocycles. The van der Waals surface area contributed by atoms with E-state index in [1.807, 2.05) is 38.3 Å². The van der Waals surface area contributed by atoms with E-state index < -0.39 is 11.6 Å². The number of urea groups is 1. The molecule has 0 spiro atoms. The summed E-state index contributed by atoms with van der Waals surface area (Å²) in [6.07, 6.45) is 3.15. The maximum atomic E-state index is 11.9. The predicted molar refractivity (Wildman–Crippen MR) is 91.6 cm³/mol. The van der Waals surface area contributed by atoms with Crippen LogP contribution < -0.4 is 10.6 Å². The number of thiophene rings is 1. The predicted octanol–water partition coefficient (Wildman–Crippen LogP) is 2.86. The summed E-state index contributed by atoms with van der Waals surface area (Å²) < 4.78 is 0. The van der Waals surface area contributed by atoms with Crippen LogP contribution in [0.1, 0.15) is 38.4 Å². The molecular formula is C16H22N4O2S. The Morgan fingerprint density at radius 2 is 1.91 bits per heavy atom. The standard InChI is InChI=1S/C16H22N4O2S/c1-15(2,3)13-17-8-11(9-18-13)20-14(21)19-10-16(4,22)12-6-5-7-23-12/h5-9,22H,10H2,1-4H3,(H2,19,20,21)/t16-/m1/s1. The first-order valence-electron chi connectivity index (χ1n) is 7.32. The van der Waals surface area contributed by atoms with Crippen molar-refractivity contribution in [2.24, 2.45) is 0 Å². The van der Waals surface area contributed by atoms with Gasteiger partial charge in [0, 0.05) is 10.3 Å². The third-order valence-electron chi connectivity index (χ3n) is 3.23. The Kier molecular flexibility index (Phi) is 5.01. The van der Waals surface area contributed by atoms with E-state index in [0.717, 1.165) is 4.88 Å². The highest BCUT2D eigenvalue weighted by atomic mass is 32.1. The van der Waals surface area contributed by atoms with Gasteiger partial charge in [0.1, 0.15) is 11.4 Å². The van der Waals surface area contributed by atoms with Crippen molar-refractivity contribution >= 4 is 23.1 Å². The molecule has 0 aliphatic rings. The molecule has 124 valence electrons. The highest BCUT2D eigenvalue weighted by Gasteiger charge is 2.25. The summed E-state index contributed by atoms with van der Waals surface area (Å²) in [5.74, 6) is 0.712. The van der Waals surface area contributed by atoms with Crippen LogP contribution in [-0.2, 0) is 11.0 Å². The zero-order valence-corrected chi connectivity index (χ0v) is 14.6. The van der Waals surface area contributed by atoms with E-state index in [-0.39, 0.29) is 12.0 Å². The van der Waals surface area contributed by atoms with Crippen LogP contribution in [0.4, 0.5) is 10.5 Å². The van der Waals surface area contributed by atoms with Crippen molar-refractivity contribution < 1.29 is 9.90 Å². The summed E-state index contributed by atoms with van der Waals surface area (Å²) in [5, 5.41) is 17.6. The molecule has 0 aliphatic carbocycles. The highest BCUT2D eigenvalue weighted by molar-refractivity contribution is 7.10. The Morgan fingerprint density at radius 1 is 1.26 bits per heavy atom. The Hall–Kier alpha value is -1.99. The Morgan fingerprint density at radius 3 is 2.43 bits per heavy atom. The maximum absolute atomic E-state index is 11.9. The van der Waals surface area contributed by atoms with Gasteiger partial charge in [0.15, 0.2) is 0 Å². The molecule has 0 aromatic carbocycles. The van der Waals surface area contributed by atoms with Crippen LogP contribution in [-0.4, -0.2) is 27.7 Å². The van der Waals surface area contributed by atoms with E-state index in [4.69, 9.17) is 0 Å². The van der Waals surface area contributed by atoms with Gasteiger partial charge in [0.25, 0.3) is 0 Å². The average Bonchev–Trinajstić information content (AvgIpc) is 3.00. The number of carbonyl (C=O) groups is 1. The highest BCUT2D eigenvalue weighted by Crippen LogP contribution is 2.24. The van der Waals surface area contributed by atoms with Crippen LogP contribution in [0.3, 0.4) is 0 Å². The van der Waals surface area contributed by atoms with Gasteiger partial charge in [-0.05, 0) is 18.4 Å². The smallest absolute Gasteiger partial charge is 0.319 e. The lowest BCUT2D eigenvalue weighted by Gasteiger charge is -2.22. The molecule has 6 nitrogen and oxygen atoms in total. The minimum atomic E-state index is -1.10. The third-order valence-corrected chi connectivity index (χ3v) is 4.35. The normalized spacial score (nSPS) is 14.1. The van der Waals surface area contributed by atoms with Gasteiger partial charge in [0.2, 0.25) is 0 Å². The molecule has 7 heteroatoms. The van der Waals surface area contributed by atoms with E-state index in [2.05, 4.69) is 20.6 Å². The van der Waals surface area contributed by atoms with Crippen LogP contribution in [0, 0.1) is 0 Å². The fraction of sp³-hybridized carbons (Fsp3) is 0.438. The number of anilines is 1. The first-order chi connectivity index (χ1) is 10.7. The van der Waals surface area contributed by atoms with Crippen LogP contribution in [0.5, 0.6) is 0 Å². The fourth-order valence-electron chi connectivity index (χ4n) is 1.88. The van der Waals surface area contributed by atoms with Crippen molar-refractivity contribution in [1.29, 1.82) is 0 Å². The Bertz CT molecular complexity index is 646. The van der Waals surface area contributed by atoms with Crippen molar-refractivity contribution in [3.8, 4) is 0 Å². The molecule has 0 saturated carbocycles. The second kappa shape index (κ2) is 6.64. The lowest BCUT2D eigenvalue weighted by atomic mass is 9.96. The monoisotopic (exact) mass is 334 g/mol. The SMILES string of the molecule is CC(C)(C)c1ncc(NC(=O)NC[C@@](C)(O)c2cccs2)cn1. The van der Waals surface area contributed by atoms with Gasteiger partial charge in [-0.3, -0.25) is 0 Å². The molecular weight excluding hydrogens is 312 g/mol. The van der Waals surface area contributed by atoms with Crippen molar-refractivity contribution in [3.63, 3.8) is 0 Å². The number of hydrogen-bond acceptors (Lipinski definition) is 5. The molecule has 0 bridgehead atoms. The van der Waals surface area contributed by atoms with Crippen molar-refractivity contribution in [2.45, 2.75) is 38.7 Å². The molecule has 2 rings (SSSR count). The summed E-state index contributed by atoms with van der Waals surface area (Å²) in [4.78, 5) is 21.2. The zero-order valence-electron chi connectivity index (χ0n) is 13.8. The second-order valence-corrected chi connectivity index (χ2v) is 7.55. The largest absolute Gasteiger partial charge is 0.383 e. The quantitative estimate of drug-likeness (QED) is 0.802. The molecule has 0 saturated heterocycles. The lowest BCUT2D eigenvalue weighted by molar-refractivity contribution is 0.0637. The summed E-state index contributed by atoms with van der Waals surface area (Å²) in [7, 11) is 0. The van der Waals surface area contributed by atoms with Crippen molar-refractivity contribution in [2.75, 3.05) is 11.9 Å². The number of nitrogens with one attached hydrogen (secondary N) is 2. The van der Waals surface area contributed by atoms with Crippen molar-refractivity contribution in [3.05, 3.63) is 40.6 Å². The molecule has 2 amide bonds. The van der Waals surface area contributed by atoms with Gasteiger partial charge in [-0.1, -0.05) is 26.8 Å². The van der Waals surface area contributed by atoms with E-state index >= 15 is 0 Å². The summed E-state index contributed by atoms with van der Waals surface area (Å²) in [6.45, 7) is 7.85. The molecule has 23 heavy (non-hydrogen) atoms. The van der Waals surface area contributed by atoms with Crippen LogP contribution in [0.15, 0.2) is 29.9 Å². The molecule has 0 unspecified atom stereocenters. The first kappa shape index (κ1) is 17.4. The Labute approximate surface area is 140 Å². The lowest BCUT2D eigenvalue weighted by Crippen LogP contribution is -2.40. The van der Waals surface area contributed by atoms with Crippen LogP contribution in [0.2, 0.25) is 0 Å². The average molecular weight is 334 g/mol. The number of amides is 2. The topological polar surface area (TPSA) is 87.1 Å². The van der Waals surface area contributed by atoms with Gasteiger partial charge >= 0.3 is 6.03 Å². The number of carbonyl (C=O) groups excluding carboxylic acids is 1. The van der Waals surface area contributed by atoms with Gasteiger partial charge in [0.05, 0.1) is 24.6 Å². The van der Waals surface area contributed by atoms with E-state index in [1.54, 1.807) is 19.3 Å². The van der Waals surface area contributed by atoms with Gasteiger partial charge in [-0.25, -0.2) is 14.8 Å². The number of rotatable bonds is 4. The van der Waals surface area contributed by atoms with Gasteiger partial charge in [-0.15, -0.1) is 11.3 Å². The van der Waals surface area contributed by atoms with Crippen molar-refractivity contribution in [1.82, 2.24) is 15.3 Å². The minimum absolute atomic E-state index is 0.111.